The first-order valence-electron chi connectivity index (χ1n) is 13.9. The zero-order valence-corrected chi connectivity index (χ0v) is 23.0. The number of aryl methyl sites for hydroxylation is 1. The van der Waals surface area contributed by atoms with Gasteiger partial charge in [0.1, 0.15) is 11.3 Å². The van der Waals surface area contributed by atoms with Crippen molar-refractivity contribution in [3.8, 4) is 16.9 Å². The highest BCUT2D eigenvalue weighted by Gasteiger charge is 2.34. The highest BCUT2D eigenvalue weighted by atomic mass is 19.4. The van der Waals surface area contributed by atoms with Gasteiger partial charge in [0.25, 0.3) is 0 Å². The topological polar surface area (TPSA) is 65.7 Å². The highest BCUT2D eigenvalue weighted by molar-refractivity contribution is 5.83. The zero-order valence-electron chi connectivity index (χ0n) is 23.0. The first kappa shape index (κ1) is 31.0. The van der Waals surface area contributed by atoms with Crippen LogP contribution in [0, 0.1) is 0 Å². The molecule has 0 aliphatic heterocycles. The molecule has 0 radical (unpaired) electrons. The predicted octanol–water partition coefficient (Wildman–Crippen LogP) is 8.66. The van der Waals surface area contributed by atoms with Crippen LogP contribution in [0.4, 0.5) is 13.2 Å². The van der Waals surface area contributed by atoms with Crippen LogP contribution in [-0.2, 0) is 22.1 Å². The van der Waals surface area contributed by atoms with Gasteiger partial charge < -0.3 is 13.9 Å². The summed E-state index contributed by atoms with van der Waals surface area (Å²) in [4.78, 5) is 23.8. The smallest absolute Gasteiger partial charge is 0.417 e. The predicted molar refractivity (Wildman–Crippen MR) is 151 cm³/mol. The lowest BCUT2D eigenvalue weighted by molar-refractivity contribution is -0.138. The average molecular weight is 559 g/mol. The number of carbonyl (C=O) groups is 1. The molecule has 0 saturated carbocycles. The third-order valence-corrected chi connectivity index (χ3v) is 6.67. The molecular formula is C32H37F3O5. The van der Waals surface area contributed by atoms with Crippen LogP contribution in [0.2, 0.25) is 0 Å². The molecule has 0 aliphatic carbocycles. The van der Waals surface area contributed by atoms with Gasteiger partial charge in [0, 0.05) is 23.1 Å². The first-order chi connectivity index (χ1) is 19.2. The number of esters is 1. The maximum Gasteiger partial charge on any atom is 0.417 e. The van der Waals surface area contributed by atoms with Gasteiger partial charge in [0.05, 0.1) is 24.3 Å². The number of carbonyl (C=O) groups excluding carboxylic acids is 1. The van der Waals surface area contributed by atoms with E-state index in [-0.39, 0.29) is 16.7 Å². The molecule has 3 aromatic rings. The molecule has 3 rings (SSSR count). The van der Waals surface area contributed by atoms with E-state index in [1.165, 1.54) is 12.1 Å². The van der Waals surface area contributed by atoms with Crippen LogP contribution >= 0.6 is 0 Å². The van der Waals surface area contributed by atoms with E-state index in [0.717, 1.165) is 69.9 Å². The zero-order chi connectivity index (χ0) is 29.0. The van der Waals surface area contributed by atoms with Crippen molar-refractivity contribution in [3.05, 3.63) is 76.7 Å². The lowest BCUT2D eigenvalue weighted by Gasteiger charge is -2.15. The Morgan fingerprint density at radius 3 is 2.33 bits per heavy atom. The molecule has 1 heterocycles. The molecule has 2 aromatic carbocycles. The van der Waals surface area contributed by atoms with Crippen molar-refractivity contribution in [1.82, 2.24) is 0 Å². The number of halogens is 3. The van der Waals surface area contributed by atoms with Crippen LogP contribution in [0.25, 0.3) is 22.1 Å². The fraction of sp³-hybridized carbons (Fsp3) is 0.438. The van der Waals surface area contributed by atoms with Gasteiger partial charge in [-0.1, -0.05) is 64.2 Å². The van der Waals surface area contributed by atoms with E-state index in [2.05, 4.69) is 6.58 Å². The SMILES string of the molecule is C=CC(=O)OCCCCCCCCOc1ccc2cc(-c3ccc(CCCCC)cc3C(F)(F)F)c(=O)oc2c1. The van der Waals surface area contributed by atoms with E-state index < -0.39 is 23.3 Å². The number of ether oxygens (including phenoxy) is 2. The lowest BCUT2D eigenvalue weighted by Crippen LogP contribution is -2.12. The third kappa shape index (κ3) is 9.28. The second-order valence-electron chi connectivity index (χ2n) is 9.82. The standard InChI is InChI=1S/C32H37F3O5/c1-3-5-10-13-23-14-17-26(28(20-23)32(33,34)35)27-21-24-15-16-25(22-29(24)40-31(27)37)38-18-11-8-6-7-9-12-19-39-30(36)4-2/h4,14-17,20-22H,2-3,5-13,18-19H2,1H3. The van der Waals surface area contributed by atoms with Crippen molar-refractivity contribution in [2.75, 3.05) is 13.2 Å². The maximum absolute atomic E-state index is 13.9. The molecule has 1 aromatic heterocycles. The minimum atomic E-state index is -4.60. The molecule has 0 spiro atoms. The van der Waals surface area contributed by atoms with Crippen LogP contribution in [0.1, 0.15) is 75.8 Å². The summed E-state index contributed by atoms with van der Waals surface area (Å²) >= 11 is 0. The Labute approximate surface area is 233 Å². The largest absolute Gasteiger partial charge is 0.493 e. The number of hydrogen-bond donors (Lipinski definition) is 0. The van der Waals surface area contributed by atoms with Gasteiger partial charge >= 0.3 is 17.8 Å². The van der Waals surface area contributed by atoms with Gasteiger partial charge in [-0.05, 0) is 55.5 Å². The fourth-order valence-electron chi connectivity index (χ4n) is 4.50. The van der Waals surface area contributed by atoms with Crippen molar-refractivity contribution >= 4 is 16.9 Å². The summed E-state index contributed by atoms with van der Waals surface area (Å²) in [5, 5.41) is 0.515. The van der Waals surface area contributed by atoms with Crippen LogP contribution in [0.5, 0.6) is 5.75 Å². The molecular weight excluding hydrogens is 521 g/mol. The van der Waals surface area contributed by atoms with Gasteiger partial charge in [0.2, 0.25) is 0 Å². The summed E-state index contributed by atoms with van der Waals surface area (Å²) in [7, 11) is 0. The molecule has 5 nitrogen and oxygen atoms in total. The Morgan fingerprint density at radius 2 is 1.62 bits per heavy atom. The molecule has 0 N–H and O–H groups in total. The number of unbranched alkanes of at least 4 members (excludes halogenated alkanes) is 7. The van der Waals surface area contributed by atoms with Crippen LogP contribution in [0.3, 0.4) is 0 Å². The Kier molecular flexibility index (Phi) is 11.8. The fourth-order valence-corrected chi connectivity index (χ4v) is 4.50. The van der Waals surface area contributed by atoms with Gasteiger partial charge in [0.15, 0.2) is 0 Å². The average Bonchev–Trinajstić information content (AvgIpc) is 2.93. The molecule has 0 unspecified atom stereocenters. The summed E-state index contributed by atoms with van der Waals surface area (Å²) in [5.41, 5.74) is -1.10. The normalized spacial score (nSPS) is 11.5. The number of fused-ring (bicyclic) bond motifs is 1. The summed E-state index contributed by atoms with van der Waals surface area (Å²) in [6, 6.07) is 10.6. The molecule has 0 fully saturated rings. The summed E-state index contributed by atoms with van der Waals surface area (Å²) in [6.45, 7) is 6.29. The Balaban J connectivity index is 1.59. The van der Waals surface area contributed by atoms with Crippen molar-refractivity contribution in [1.29, 1.82) is 0 Å². The summed E-state index contributed by atoms with van der Waals surface area (Å²) in [6.07, 6.45) is 5.55. The van der Waals surface area contributed by atoms with E-state index in [4.69, 9.17) is 13.9 Å². The number of alkyl halides is 3. The molecule has 216 valence electrons. The second kappa shape index (κ2) is 15.3. The Hall–Kier alpha value is -3.55. The minimum absolute atomic E-state index is 0.118. The van der Waals surface area contributed by atoms with Crippen molar-refractivity contribution in [3.63, 3.8) is 0 Å². The van der Waals surface area contributed by atoms with Crippen molar-refractivity contribution < 1.29 is 31.9 Å². The molecule has 40 heavy (non-hydrogen) atoms. The Morgan fingerprint density at radius 1 is 0.900 bits per heavy atom. The molecule has 0 atom stereocenters. The lowest BCUT2D eigenvalue weighted by atomic mass is 9.95. The maximum atomic E-state index is 13.9. The van der Waals surface area contributed by atoms with Gasteiger partial charge in [-0.3, -0.25) is 0 Å². The van der Waals surface area contributed by atoms with Gasteiger partial charge in [-0.25, -0.2) is 9.59 Å². The van der Waals surface area contributed by atoms with Crippen LogP contribution < -0.4 is 10.4 Å². The number of hydrogen-bond acceptors (Lipinski definition) is 5. The van der Waals surface area contributed by atoms with Crippen LogP contribution in [-0.4, -0.2) is 19.2 Å². The molecule has 0 saturated heterocycles. The first-order valence-corrected chi connectivity index (χ1v) is 13.9. The van der Waals surface area contributed by atoms with E-state index in [1.54, 1.807) is 24.3 Å². The molecule has 0 bridgehead atoms. The van der Waals surface area contributed by atoms with Gasteiger partial charge in [-0.2, -0.15) is 13.2 Å². The van der Waals surface area contributed by atoms with E-state index in [0.29, 0.717) is 36.3 Å². The number of benzene rings is 2. The second-order valence-corrected chi connectivity index (χ2v) is 9.82. The highest BCUT2D eigenvalue weighted by Crippen LogP contribution is 2.38. The Bertz CT molecular complexity index is 1330. The summed E-state index contributed by atoms with van der Waals surface area (Å²) in [5.74, 6) is 0.129. The summed E-state index contributed by atoms with van der Waals surface area (Å²) < 4.78 is 58.0. The molecule has 0 amide bonds. The van der Waals surface area contributed by atoms with E-state index in [9.17, 15) is 22.8 Å². The third-order valence-electron chi connectivity index (χ3n) is 6.67. The van der Waals surface area contributed by atoms with Crippen molar-refractivity contribution in [2.45, 2.75) is 77.3 Å². The quantitative estimate of drug-likeness (QED) is 0.0762. The van der Waals surface area contributed by atoms with Crippen LogP contribution in [0.15, 0.2) is 64.3 Å². The van der Waals surface area contributed by atoms with E-state index >= 15 is 0 Å². The van der Waals surface area contributed by atoms with Gasteiger partial charge in [-0.15, -0.1) is 0 Å². The van der Waals surface area contributed by atoms with Crippen molar-refractivity contribution in [2.24, 2.45) is 0 Å². The number of rotatable bonds is 16. The minimum Gasteiger partial charge on any atom is -0.493 e. The van der Waals surface area contributed by atoms with E-state index in [1.807, 2.05) is 6.92 Å². The molecule has 8 heteroatoms. The monoisotopic (exact) mass is 558 g/mol. The molecule has 0 aliphatic rings.